The van der Waals surface area contributed by atoms with Crippen LogP contribution in [0.15, 0.2) is 83.5 Å². The summed E-state index contributed by atoms with van der Waals surface area (Å²) in [6.45, 7) is -1.57. The Morgan fingerprint density at radius 2 is 0.882 bits per heavy atom. The summed E-state index contributed by atoms with van der Waals surface area (Å²) < 4.78 is 118. The molecule has 2 rings (SSSR count). The molecule has 0 saturated heterocycles. The number of halogens is 8. The molecule has 0 atom stereocenters. The van der Waals surface area contributed by atoms with Gasteiger partial charge in [-0.15, -0.1) is 0 Å². The van der Waals surface area contributed by atoms with Gasteiger partial charge in [0.1, 0.15) is 24.4 Å². The molecule has 4 nitrogen and oxygen atoms in total. The van der Waals surface area contributed by atoms with Crippen molar-refractivity contribution in [2.24, 2.45) is 0 Å². The molecule has 0 aromatic heterocycles. The zero-order chi connectivity index (χ0) is 25.5. The van der Waals surface area contributed by atoms with Gasteiger partial charge in [-0.2, -0.15) is 35.1 Å². The minimum absolute atomic E-state index is 0.180. The van der Waals surface area contributed by atoms with E-state index in [0.29, 0.717) is 0 Å². The first kappa shape index (κ1) is 26.6. The van der Waals surface area contributed by atoms with Gasteiger partial charge >= 0.3 is 24.3 Å². The SMILES string of the molecule is O=C(OCc1ccccc1)/C(F)=C(/C(=C(\F)C(=O)OCc1ccccc1)C(F)(F)F)C(F)(F)F. The van der Waals surface area contributed by atoms with Crippen LogP contribution in [0.2, 0.25) is 0 Å². The van der Waals surface area contributed by atoms with Gasteiger partial charge in [-0.25, -0.2) is 9.59 Å². The Morgan fingerprint density at radius 1 is 0.588 bits per heavy atom. The number of ether oxygens (including phenoxy) is 2. The van der Waals surface area contributed by atoms with Crippen LogP contribution in [0.1, 0.15) is 11.1 Å². The van der Waals surface area contributed by atoms with Gasteiger partial charge in [-0.1, -0.05) is 60.7 Å². The average Bonchev–Trinajstić information content (AvgIpc) is 2.78. The number of esters is 2. The summed E-state index contributed by atoms with van der Waals surface area (Å²) >= 11 is 0. The van der Waals surface area contributed by atoms with Crippen LogP contribution in [0.25, 0.3) is 0 Å². The number of alkyl halides is 6. The molecule has 0 aliphatic carbocycles. The fourth-order valence-electron chi connectivity index (χ4n) is 2.53. The van der Waals surface area contributed by atoms with Crippen LogP contribution in [0.4, 0.5) is 35.1 Å². The second-order valence-corrected chi connectivity index (χ2v) is 6.50. The number of hydrogen-bond donors (Lipinski definition) is 0. The molecule has 2 aromatic carbocycles. The summed E-state index contributed by atoms with van der Waals surface area (Å²) in [6, 6.07) is 14.2. The average molecular weight is 494 g/mol. The van der Waals surface area contributed by atoms with Crippen LogP contribution in [-0.4, -0.2) is 24.3 Å². The number of benzene rings is 2. The van der Waals surface area contributed by atoms with Gasteiger partial charge in [-0.3, -0.25) is 0 Å². The molecule has 0 amide bonds. The molecule has 0 unspecified atom stereocenters. The molecule has 0 aliphatic rings. The quantitative estimate of drug-likeness (QED) is 0.204. The Bertz CT molecular complexity index is 984. The number of hydrogen-bond acceptors (Lipinski definition) is 4. The number of rotatable bonds is 7. The van der Waals surface area contributed by atoms with E-state index in [1.54, 1.807) is 0 Å². The fourth-order valence-corrected chi connectivity index (χ4v) is 2.53. The molecule has 0 fully saturated rings. The Balaban J connectivity index is 2.44. The third-order valence-corrected chi connectivity index (χ3v) is 4.04. The van der Waals surface area contributed by atoms with Gasteiger partial charge < -0.3 is 9.47 Å². The summed E-state index contributed by atoms with van der Waals surface area (Å²) in [4.78, 5) is 23.5. The lowest BCUT2D eigenvalue weighted by Crippen LogP contribution is -2.29. The largest absolute Gasteiger partial charge is 0.456 e. The standard InChI is InChI=1S/C22H14F8O4/c23-17(19(31)33-11-13-7-3-1-4-8-13)15(21(25,26)27)16(22(28,29)30)18(24)20(32)34-12-14-9-5-2-6-10-14/h1-10H,11-12H2/b17-15+,18-16+. The minimum atomic E-state index is -6.24. The highest BCUT2D eigenvalue weighted by Crippen LogP contribution is 2.44. The predicted molar refractivity (Wildman–Crippen MR) is 101 cm³/mol. The van der Waals surface area contributed by atoms with E-state index >= 15 is 0 Å². The van der Waals surface area contributed by atoms with E-state index in [-0.39, 0.29) is 11.1 Å². The lowest BCUT2D eigenvalue weighted by atomic mass is 10.0. The van der Waals surface area contributed by atoms with E-state index in [4.69, 9.17) is 0 Å². The van der Waals surface area contributed by atoms with Gasteiger partial charge in [0, 0.05) is 0 Å². The van der Waals surface area contributed by atoms with Crippen LogP contribution in [0.3, 0.4) is 0 Å². The molecule has 0 heterocycles. The number of carbonyl (C=O) groups excluding carboxylic acids is 2. The van der Waals surface area contributed by atoms with E-state index < -0.39 is 60.3 Å². The topological polar surface area (TPSA) is 52.6 Å². The highest BCUT2D eigenvalue weighted by Gasteiger charge is 2.53. The Labute approximate surface area is 187 Å². The monoisotopic (exact) mass is 494 g/mol. The van der Waals surface area contributed by atoms with Crippen LogP contribution in [0, 0.1) is 0 Å². The number of carbonyl (C=O) groups is 2. The highest BCUT2D eigenvalue weighted by molar-refractivity contribution is 5.92. The van der Waals surface area contributed by atoms with Crippen molar-refractivity contribution in [3.63, 3.8) is 0 Å². The van der Waals surface area contributed by atoms with Crippen molar-refractivity contribution in [1.82, 2.24) is 0 Å². The maximum Gasteiger partial charge on any atom is 0.420 e. The molecule has 2 aromatic rings. The van der Waals surface area contributed by atoms with Crippen LogP contribution < -0.4 is 0 Å². The molecule has 12 heteroatoms. The molecule has 0 spiro atoms. The van der Waals surface area contributed by atoms with Crippen molar-refractivity contribution in [3.05, 3.63) is 94.6 Å². The van der Waals surface area contributed by atoms with Crippen LogP contribution >= 0.6 is 0 Å². The van der Waals surface area contributed by atoms with Gasteiger partial charge in [-0.05, 0) is 11.1 Å². The van der Waals surface area contributed by atoms with Crippen molar-refractivity contribution < 1.29 is 54.2 Å². The predicted octanol–water partition coefficient (Wildman–Crippen LogP) is 6.05. The maximum absolute atomic E-state index is 14.3. The van der Waals surface area contributed by atoms with Crippen LogP contribution in [0.5, 0.6) is 0 Å². The summed E-state index contributed by atoms with van der Waals surface area (Å²) in [5.41, 5.74) is -6.35. The van der Waals surface area contributed by atoms with Gasteiger partial charge in [0.2, 0.25) is 11.7 Å². The smallest absolute Gasteiger partial charge is 0.420 e. The highest BCUT2D eigenvalue weighted by atomic mass is 19.4. The Kier molecular flexibility index (Phi) is 8.55. The zero-order valence-corrected chi connectivity index (χ0v) is 16.8. The molecule has 34 heavy (non-hydrogen) atoms. The van der Waals surface area contributed by atoms with E-state index in [0.717, 1.165) is 0 Å². The first-order valence-electron chi connectivity index (χ1n) is 9.18. The van der Waals surface area contributed by atoms with Crippen molar-refractivity contribution >= 4 is 11.9 Å². The Morgan fingerprint density at radius 3 is 1.15 bits per heavy atom. The lowest BCUT2D eigenvalue weighted by Gasteiger charge is -2.19. The van der Waals surface area contributed by atoms with Gasteiger partial charge in [0.15, 0.2) is 0 Å². The van der Waals surface area contributed by atoms with Gasteiger partial charge in [0.25, 0.3) is 0 Å². The molecule has 0 saturated carbocycles. The van der Waals surface area contributed by atoms with Crippen molar-refractivity contribution in [3.8, 4) is 0 Å². The van der Waals surface area contributed by atoms with E-state index in [9.17, 15) is 44.7 Å². The minimum Gasteiger partial charge on any atom is -0.456 e. The molecule has 182 valence electrons. The Hall–Kier alpha value is -3.70. The zero-order valence-electron chi connectivity index (χ0n) is 16.8. The van der Waals surface area contributed by atoms with Crippen molar-refractivity contribution in [2.75, 3.05) is 0 Å². The summed E-state index contributed by atoms with van der Waals surface area (Å²) in [7, 11) is 0. The molecule has 0 aliphatic heterocycles. The molecule has 0 N–H and O–H groups in total. The van der Waals surface area contributed by atoms with Crippen LogP contribution in [-0.2, 0) is 32.3 Å². The fraction of sp³-hybridized carbons (Fsp3) is 0.182. The maximum atomic E-state index is 14.3. The lowest BCUT2D eigenvalue weighted by molar-refractivity contribution is -0.147. The van der Waals surface area contributed by atoms with Gasteiger partial charge in [0.05, 0.1) is 0 Å². The molecular weight excluding hydrogens is 480 g/mol. The normalized spacial score (nSPS) is 13.5. The second kappa shape index (κ2) is 10.9. The van der Waals surface area contributed by atoms with E-state index in [1.165, 1.54) is 60.7 Å². The first-order chi connectivity index (χ1) is 15.8. The van der Waals surface area contributed by atoms with Crippen molar-refractivity contribution in [2.45, 2.75) is 25.6 Å². The molecule has 0 bridgehead atoms. The number of allylic oxidation sites excluding steroid dienone is 2. The van der Waals surface area contributed by atoms with E-state index in [2.05, 4.69) is 9.47 Å². The third kappa shape index (κ3) is 7.15. The third-order valence-electron chi connectivity index (χ3n) is 4.04. The molecular formula is C22H14F8O4. The summed E-state index contributed by atoms with van der Waals surface area (Å²) in [5, 5.41) is 0. The second-order valence-electron chi connectivity index (χ2n) is 6.50. The van der Waals surface area contributed by atoms with E-state index in [1.807, 2.05) is 0 Å². The summed E-state index contributed by atoms with van der Waals surface area (Å²) in [5.74, 6) is -11.0. The molecule has 0 radical (unpaired) electrons. The van der Waals surface area contributed by atoms with Crippen molar-refractivity contribution in [1.29, 1.82) is 0 Å². The summed E-state index contributed by atoms with van der Waals surface area (Å²) in [6.07, 6.45) is -12.5. The first-order valence-corrected chi connectivity index (χ1v) is 9.18.